The maximum atomic E-state index is 3.78. The number of alkyl halides is 1. The van der Waals surface area contributed by atoms with E-state index in [1.807, 2.05) is 0 Å². The van der Waals surface area contributed by atoms with Crippen LogP contribution in [0.3, 0.4) is 0 Å². The van der Waals surface area contributed by atoms with Crippen LogP contribution < -0.4 is 0 Å². The second-order valence-corrected chi connectivity index (χ2v) is 6.98. The lowest BCUT2D eigenvalue weighted by molar-refractivity contribution is 0.407. The van der Waals surface area contributed by atoms with E-state index in [-0.39, 0.29) is 5.41 Å². The summed E-state index contributed by atoms with van der Waals surface area (Å²) in [5.74, 6) is 0.730. The second kappa shape index (κ2) is 5.35. The molecule has 0 saturated carbocycles. The molecule has 0 amide bonds. The van der Waals surface area contributed by atoms with Gasteiger partial charge in [0.2, 0.25) is 0 Å². The van der Waals surface area contributed by atoms with E-state index in [1.165, 1.54) is 17.5 Å². The largest absolute Gasteiger partial charge is 0.0833 e. The standard InChI is InChI=1S/C15H23Br/c1-11(2)10-12-6-8-13(9-7-12)14(16)15(3,4)5/h6-9,11,14H,10H2,1-5H3. The van der Waals surface area contributed by atoms with Crippen LogP contribution in [0.15, 0.2) is 24.3 Å². The Hall–Kier alpha value is -0.300. The molecule has 0 aliphatic heterocycles. The summed E-state index contributed by atoms with van der Waals surface area (Å²) in [6.07, 6.45) is 1.17. The third-order valence-electron chi connectivity index (χ3n) is 2.68. The third kappa shape index (κ3) is 3.93. The van der Waals surface area contributed by atoms with Crippen molar-refractivity contribution in [1.82, 2.24) is 0 Å². The molecule has 1 atom stereocenters. The molecule has 0 spiro atoms. The molecule has 0 aromatic heterocycles. The minimum atomic E-state index is 0.263. The fourth-order valence-electron chi connectivity index (χ4n) is 1.79. The Morgan fingerprint density at radius 2 is 1.56 bits per heavy atom. The predicted octanol–water partition coefficient (Wildman–Crippen LogP) is 5.37. The Bertz CT molecular complexity index is 316. The number of hydrogen-bond donors (Lipinski definition) is 0. The first-order valence-corrected chi connectivity index (χ1v) is 6.95. The summed E-state index contributed by atoms with van der Waals surface area (Å²) in [6.45, 7) is 11.3. The topological polar surface area (TPSA) is 0 Å². The maximum Gasteiger partial charge on any atom is 0.0443 e. The Labute approximate surface area is 109 Å². The van der Waals surface area contributed by atoms with Gasteiger partial charge in [0.15, 0.2) is 0 Å². The van der Waals surface area contributed by atoms with Gasteiger partial charge in [-0.3, -0.25) is 0 Å². The van der Waals surface area contributed by atoms with Crippen molar-refractivity contribution >= 4 is 15.9 Å². The van der Waals surface area contributed by atoms with Crippen molar-refractivity contribution in [3.63, 3.8) is 0 Å². The number of benzene rings is 1. The molecule has 1 aromatic rings. The highest BCUT2D eigenvalue weighted by Crippen LogP contribution is 2.39. The molecular formula is C15H23Br. The number of rotatable bonds is 3. The highest BCUT2D eigenvalue weighted by atomic mass is 79.9. The van der Waals surface area contributed by atoms with Gasteiger partial charge >= 0.3 is 0 Å². The molecule has 0 radical (unpaired) electrons. The molecule has 0 bridgehead atoms. The van der Waals surface area contributed by atoms with E-state index in [1.54, 1.807) is 0 Å². The summed E-state index contributed by atoms with van der Waals surface area (Å²) < 4.78 is 0. The molecular weight excluding hydrogens is 260 g/mol. The molecule has 1 aromatic carbocycles. The Morgan fingerprint density at radius 1 is 1.06 bits per heavy atom. The van der Waals surface area contributed by atoms with Crippen molar-refractivity contribution in [2.24, 2.45) is 11.3 Å². The molecule has 1 unspecified atom stereocenters. The molecule has 0 N–H and O–H groups in total. The normalized spacial score (nSPS) is 14.2. The van der Waals surface area contributed by atoms with Crippen LogP contribution in [-0.4, -0.2) is 0 Å². The molecule has 1 heteroatoms. The van der Waals surface area contributed by atoms with Crippen molar-refractivity contribution in [3.8, 4) is 0 Å². The zero-order valence-corrected chi connectivity index (χ0v) is 12.6. The van der Waals surface area contributed by atoms with Gasteiger partial charge in [0.05, 0.1) is 0 Å². The molecule has 0 nitrogen and oxygen atoms in total. The van der Waals surface area contributed by atoms with E-state index in [2.05, 4.69) is 74.8 Å². The van der Waals surface area contributed by atoms with Crippen LogP contribution in [0.4, 0.5) is 0 Å². The van der Waals surface area contributed by atoms with Gasteiger partial charge in [-0.25, -0.2) is 0 Å². The van der Waals surface area contributed by atoms with E-state index in [4.69, 9.17) is 0 Å². The van der Waals surface area contributed by atoms with Crippen molar-refractivity contribution in [3.05, 3.63) is 35.4 Å². The van der Waals surface area contributed by atoms with Crippen LogP contribution in [0.5, 0.6) is 0 Å². The molecule has 0 aliphatic carbocycles. The van der Waals surface area contributed by atoms with Crippen LogP contribution in [0, 0.1) is 11.3 Å². The van der Waals surface area contributed by atoms with Crippen LogP contribution in [0.25, 0.3) is 0 Å². The zero-order valence-electron chi connectivity index (χ0n) is 11.0. The van der Waals surface area contributed by atoms with Gasteiger partial charge < -0.3 is 0 Å². The van der Waals surface area contributed by atoms with Crippen LogP contribution >= 0.6 is 15.9 Å². The third-order valence-corrected chi connectivity index (χ3v) is 4.58. The lowest BCUT2D eigenvalue weighted by atomic mass is 9.87. The first-order chi connectivity index (χ1) is 7.30. The van der Waals surface area contributed by atoms with E-state index < -0.39 is 0 Å². The first kappa shape index (κ1) is 13.8. The van der Waals surface area contributed by atoms with E-state index >= 15 is 0 Å². The monoisotopic (exact) mass is 282 g/mol. The Balaban J connectivity index is 2.79. The lowest BCUT2D eigenvalue weighted by Gasteiger charge is -2.26. The minimum Gasteiger partial charge on any atom is -0.0833 e. The summed E-state index contributed by atoms with van der Waals surface area (Å²) in [5.41, 5.74) is 3.08. The van der Waals surface area contributed by atoms with Gasteiger partial charge in [0.1, 0.15) is 0 Å². The lowest BCUT2D eigenvalue weighted by Crippen LogP contribution is -2.12. The summed E-state index contributed by atoms with van der Waals surface area (Å²) in [7, 11) is 0. The van der Waals surface area contributed by atoms with Crippen molar-refractivity contribution in [2.45, 2.75) is 45.9 Å². The molecule has 1 rings (SSSR count). The van der Waals surface area contributed by atoms with Crippen LogP contribution in [-0.2, 0) is 6.42 Å². The van der Waals surface area contributed by atoms with Crippen LogP contribution in [0.1, 0.15) is 50.6 Å². The van der Waals surface area contributed by atoms with E-state index in [0.717, 1.165) is 5.92 Å². The fraction of sp³-hybridized carbons (Fsp3) is 0.600. The zero-order chi connectivity index (χ0) is 12.3. The highest BCUT2D eigenvalue weighted by Gasteiger charge is 2.23. The summed E-state index contributed by atoms with van der Waals surface area (Å²) in [4.78, 5) is 0.424. The van der Waals surface area contributed by atoms with E-state index in [0.29, 0.717) is 4.83 Å². The van der Waals surface area contributed by atoms with Crippen LogP contribution in [0.2, 0.25) is 0 Å². The smallest absolute Gasteiger partial charge is 0.0443 e. The van der Waals surface area contributed by atoms with Crippen molar-refractivity contribution < 1.29 is 0 Å². The average Bonchev–Trinajstić information content (AvgIpc) is 2.15. The molecule has 0 heterocycles. The molecule has 0 fully saturated rings. The molecule has 90 valence electrons. The first-order valence-electron chi connectivity index (χ1n) is 6.03. The molecule has 16 heavy (non-hydrogen) atoms. The van der Waals surface area contributed by atoms with Gasteiger partial charge in [-0.15, -0.1) is 0 Å². The molecule has 0 saturated heterocycles. The predicted molar refractivity (Wildman–Crippen MR) is 76.1 cm³/mol. The number of hydrogen-bond acceptors (Lipinski definition) is 0. The van der Waals surface area contributed by atoms with Crippen molar-refractivity contribution in [1.29, 1.82) is 0 Å². The Kier molecular flexibility index (Phi) is 4.61. The van der Waals surface area contributed by atoms with Gasteiger partial charge in [-0.1, -0.05) is 74.8 Å². The van der Waals surface area contributed by atoms with Gasteiger partial charge in [-0.05, 0) is 28.9 Å². The van der Waals surface area contributed by atoms with E-state index in [9.17, 15) is 0 Å². The fourth-order valence-corrected chi connectivity index (χ4v) is 2.10. The summed E-state index contributed by atoms with van der Waals surface area (Å²) in [6, 6.07) is 9.02. The summed E-state index contributed by atoms with van der Waals surface area (Å²) in [5, 5.41) is 0. The van der Waals surface area contributed by atoms with Crippen molar-refractivity contribution in [2.75, 3.05) is 0 Å². The van der Waals surface area contributed by atoms with Gasteiger partial charge in [0.25, 0.3) is 0 Å². The summed E-state index contributed by atoms with van der Waals surface area (Å²) >= 11 is 3.78. The van der Waals surface area contributed by atoms with Gasteiger partial charge in [-0.2, -0.15) is 0 Å². The Morgan fingerprint density at radius 3 is 1.94 bits per heavy atom. The maximum absolute atomic E-state index is 3.78. The minimum absolute atomic E-state index is 0.263. The molecule has 0 aliphatic rings. The SMILES string of the molecule is CC(C)Cc1ccc(C(Br)C(C)(C)C)cc1. The second-order valence-electron chi connectivity index (χ2n) is 6.07. The van der Waals surface area contributed by atoms with Gasteiger partial charge in [0, 0.05) is 4.83 Å². The quantitative estimate of drug-likeness (QED) is 0.654. The average molecular weight is 283 g/mol. The highest BCUT2D eigenvalue weighted by molar-refractivity contribution is 9.09. The number of halogens is 1.